The van der Waals surface area contributed by atoms with Crippen LogP contribution in [-0.4, -0.2) is 97.1 Å². The van der Waals surface area contributed by atoms with Gasteiger partial charge in [0.2, 0.25) is 23.6 Å². The van der Waals surface area contributed by atoms with Gasteiger partial charge in [-0.25, -0.2) is 0 Å². The summed E-state index contributed by atoms with van der Waals surface area (Å²) >= 11 is 1.54. The lowest BCUT2D eigenvalue weighted by molar-refractivity contribution is -0.135. The van der Waals surface area contributed by atoms with Crippen molar-refractivity contribution in [1.82, 2.24) is 26.6 Å². The first-order chi connectivity index (χ1) is 28.8. The number of ether oxygens (including phenoxy) is 1. The number of rotatable bonds is 27. The second-order valence-electron chi connectivity index (χ2n) is 15.0. The van der Waals surface area contributed by atoms with Crippen LogP contribution in [0, 0.1) is 0 Å². The molecule has 3 aromatic rings. The van der Waals surface area contributed by atoms with Gasteiger partial charge in [0.15, 0.2) is 11.6 Å². The zero-order chi connectivity index (χ0) is 44.1. The fraction of sp³-hybridized carbons (Fsp3) is 0.511. The smallest absolute Gasteiger partial charge is 0.243 e. The van der Waals surface area contributed by atoms with Crippen molar-refractivity contribution < 1.29 is 34.9 Å². The SMILES string of the molecule is [3H]CC(=O)[C@H](CCCCSC[C@H](NC)C(=O)N[C@@H](Cc1ccc(OC)cc1)C(=O)N[C@@H](Cc1ccc2ccccc2c1)C(=O)N[C@@](C)(CCCCN)C(=O)CC)NC(C)=O. The molecule has 0 aromatic heterocycles. The molecule has 0 spiro atoms. The number of Topliss-reactive ketones (excluding diaryl/α,β-unsaturated/α-hetero) is 2. The lowest BCUT2D eigenvalue weighted by Crippen LogP contribution is -2.61. The van der Waals surface area contributed by atoms with Crippen LogP contribution in [0.15, 0.2) is 66.7 Å². The predicted octanol–water partition coefficient (Wildman–Crippen LogP) is 4.17. The van der Waals surface area contributed by atoms with Crippen LogP contribution in [0.4, 0.5) is 0 Å². The third kappa shape index (κ3) is 16.1. The van der Waals surface area contributed by atoms with Crippen LogP contribution in [0.25, 0.3) is 10.8 Å². The topological polar surface area (TPSA) is 198 Å². The first-order valence-electron chi connectivity index (χ1n) is 21.1. The summed E-state index contributed by atoms with van der Waals surface area (Å²) < 4.78 is 12.7. The van der Waals surface area contributed by atoms with Crippen molar-refractivity contribution in [3.63, 3.8) is 0 Å². The second-order valence-corrected chi connectivity index (χ2v) is 16.2. The Hall–Kier alpha value is -4.79. The van der Waals surface area contributed by atoms with Crippen molar-refractivity contribution in [3.8, 4) is 5.75 Å². The van der Waals surface area contributed by atoms with Gasteiger partial charge in [-0.15, -0.1) is 0 Å². The molecule has 0 heterocycles. The molecule has 7 N–H and O–H groups in total. The summed E-state index contributed by atoms with van der Waals surface area (Å²) in [5.41, 5.74) is 6.13. The Balaban J connectivity index is 1.84. The molecular formula is C45H64N6O7S. The molecule has 0 aliphatic rings. The Morgan fingerprint density at radius 3 is 2.07 bits per heavy atom. The number of fused-ring (bicyclic) bond motifs is 1. The van der Waals surface area contributed by atoms with Crippen LogP contribution in [0.1, 0.15) is 85.1 Å². The minimum Gasteiger partial charge on any atom is -0.497 e. The molecule has 3 rings (SSSR count). The van der Waals surface area contributed by atoms with E-state index >= 15 is 0 Å². The number of carbonyl (C=O) groups excluding carboxylic acids is 6. The molecule has 0 saturated carbocycles. The largest absolute Gasteiger partial charge is 0.497 e. The maximum atomic E-state index is 14.4. The van der Waals surface area contributed by atoms with Crippen LogP contribution in [-0.2, 0) is 41.6 Å². The molecule has 59 heavy (non-hydrogen) atoms. The number of unbranched alkanes of at least 4 members (excludes halogenated alkanes) is 2. The zero-order valence-electron chi connectivity index (χ0n) is 36.2. The molecule has 3 aromatic carbocycles. The van der Waals surface area contributed by atoms with Gasteiger partial charge in [0.1, 0.15) is 17.8 Å². The highest BCUT2D eigenvalue weighted by atomic mass is 32.2. The average Bonchev–Trinajstić information content (AvgIpc) is 3.24. The standard InChI is InChI=1S/C45H64N6O7S/c1-7-41(54)45(4,23-11-12-24-46)51-44(57)39(28-33-17-20-34-14-8-9-15-35(34)26-33)50-42(55)38(27-32-18-21-36(58-6)22-19-32)49-43(56)40(47-5)29-59-25-13-10-16-37(30(2)52)48-31(3)53/h8-9,14-15,17-22,26,37-40,47H,7,10-13,16,23-25,27-29,46H2,1-6H3,(H,48,53)(H,49,56)(H,50,55)(H,51,57)/t37-,38-,39-,40-,45-/m0/s1/i2T. The Bertz CT molecular complexity index is 1880. The van der Waals surface area contributed by atoms with Crippen molar-refractivity contribution in [2.75, 3.05) is 32.2 Å². The van der Waals surface area contributed by atoms with Gasteiger partial charge >= 0.3 is 0 Å². The molecule has 0 aliphatic heterocycles. The van der Waals surface area contributed by atoms with E-state index in [4.69, 9.17) is 11.8 Å². The normalized spacial score (nSPS) is 14.4. The Morgan fingerprint density at radius 1 is 0.797 bits per heavy atom. The third-order valence-corrected chi connectivity index (χ3v) is 11.5. The molecule has 0 saturated heterocycles. The fourth-order valence-corrected chi connectivity index (χ4v) is 7.94. The van der Waals surface area contributed by atoms with Gasteiger partial charge in [-0.3, -0.25) is 28.8 Å². The highest BCUT2D eigenvalue weighted by Gasteiger charge is 2.36. The number of thioether (sulfide) groups is 1. The van der Waals surface area contributed by atoms with E-state index < -0.39 is 54.3 Å². The minimum absolute atomic E-state index is 0.118. The number of amides is 4. The maximum Gasteiger partial charge on any atom is 0.243 e. The van der Waals surface area contributed by atoms with Crippen molar-refractivity contribution in [1.29, 1.82) is 0 Å². The molecule has 0 aliphatic carbocycles. The van der Waals surface area contributed by atoms with Gasteiger partial charge in [0.25, 0.3) is 0 Å². The molecule has 0 radical (unpaired) electrons. The molecule has 13 nitrogen and oxygen atoms in total. The van der Waals surface area contributed by atoms with E-state index in [0.29, 0.717) is 55.9 Å². The molecule has 322 valence electrons. The van der Waals surface area contributed by atoms with E-state index in [1.54, 1.807) is 40.1 Å². The van der Waals surface area contributed by atoms with Gasteiger partial charge in [-0.05, 0) is 99.3 Å². The van der Waals surface area contributed by atoms with Crippen LogP contribution in [0.5, 0.6) is 5.75 Å². The van der Waals surface area contributed by atoms with Crippen molar-refractivity contribution in [3.05, 3.63) is 77.9 Å². The number of likely N-dealkylation sites (N-methyl/N-ethyl adjacent to an activating group) is 1. The molecular weight excluding hydrogens is 769 g/mol. The first kappa shape index (κ1) is 46.9. The number of nitrogens with two attached hydrogens (primary N) is 1. The summed E-state index contributed by atoms with van der Waals surface area (Å²) in [5.74, 6) is -0.552. The Morgan fingerprint density at radius 2 is 1.44 bits per heavy atom. The lowest BCUT2D eigenvalue weighted by atomic mass is 9.87. The van der Waals surface area contributed by atoms with Crippen molar-refractivity contribution in [2.45, 2.75) is 115 Å². The number of hydrogen-bond acceptors (Lipinski definition) is 10. The van der Waals surface area contributed by atoms with Gasteiger partial charge < -0.3 is 37.1 Å². The van der Waals surface area contributed by atoms with E-state index in [9.17, 15) is 28.8 Å². The van der Waals surface area contributed by atoms with Crippen LogP contribution < -0.4 is 37.1 Å². The average molecular weight is 835 g/mol. The number of ketones is 2. The summed E-state index contributed by atoms with van der Waals surface area (Å²) in [7, 11) is 3.22. The first-order valence-corrected chi connectivity index (χ1v) is 21.5. The van der Waals surface area contributed by atoms with Gasteiger partial charge in [-0.1, -0.05) is 67.9 Å². The van der Waals surface area contributed by atoms with Gasteiger partial charge in [0.05, 0.1) is 24.7 Å². The molecule has 0 unspecified atom stereocenters. The van der Waals surface area contributed by atoms with E-state index in [-0.39, 0.29) is 36.7 Å². The number of hydrogen-bond donors (Lipinski definition) is 6. The molecule has 14 heteroatoms. The van der Waals surface area contributed by atoms with E-state index in [2.05, 4.69) is 26.6 Å². The number of methoxy groups -OCH3 is 1. The molecule has 0 bridgehead atoms. The van der Waals surface area contributed by atoms with Crippen LogP contribution in [0.3, 0.4) is 0 Å². The zero-order valence-corrected chi connectivity index (χ0v) is 36.0. The van der Waals surface area contributed by atoms with E-state index in [0.717, 1.165) is 28.3 Å². The summed E-state index contributed by atoms with van der Waals surface area (Å²) in [6.45, 7) is 4.87. The molecule has 0 fully saturated rings. The highest BCUT2D eigenvalue weighted by Crippen LogP contribution is 2.21. The molecule has 5 atom stereocenters. The summed E-state index contributed by atoms with van der Waals surface area (Å²) in [4.78, 5) is 79.4. The number of nitrogens with one attached hydrogen (secondary N) is 5. The van der Waals surface area contributed by atoms with Gasteiger partial charge in [-0.2, -0.15) is 11.8 Å². The van der Waals surface area contributed by atoms with E-state index in [1.165, 1.54) is 18.7 Å². The summed E-state index contributed by atoms with van der Waals surface area (Å²) in [6.07, 6.45) is 3.98. The van der Waals surface area contributed by atoms with E-state index in [1.807, 2.05) is 54.6 Å². The van der Waals surface area contributed by atoms with Crippen molar-refractivity contribution in [2.24, 2.45) is 5.73 Å². The minimum atomic E-state index is -1.17. The summed E-state index contributed by atoms with van der Waals surface area (Å²) in [6, 6.07) is 17.4. The number of carbonyl (C=O) groups is 6. The number of benzene rings is 3. The maximum absolute atomic E-state index is 14.4. The molecule has 4 amide bonds. The monoisotopic (exact) mass is 834 g/mol. The highest BCUT2D eigenvalue weighted by molar-refractivity contribution is 7.99. The quantitative estimate of drug-likeness (QED) is 0.0607. The third-order valence-electron chi connectivity index (χ3n) is 10.3. The lowest BCUT2D eigenvalue weighted by Gasteiger charge is -2.32. The Labute approximate surface area is 354 Å². The Kier molecular flexibility index (Phi) is 19.8. The predicted molar refractivity (Wildman–Crippen MR) is 235 cm³/mol. The fourth-order valence-electron chi connectivity index (χ4n) is 6.81. The van der Waals surface area contributed by atoms with Gasteiger partial charge in [0, 0.05) is 33.3 Å². The van der Waals surface area contributed by atoms with Crippen LogP contribution >= 0.6 is 11.8 Å². The summed E-state index contributed by atoms with van der Waals surface area (Å²) in [5, 5.41) is 16.6. The van der Waals surface area contributed by atoms with Crippen molar-refractivity contribution >= 4 is 57.7 Å². The van der Waals surface area contributed by atoms with Crippen LogP contribution in [0.2, 0.25) is 0 Å². The second kappa shape index (κ2) is 25.0.